The minimum Gasteiger partial charge on any atom is -0.446 e. The smallest absolute Gasteiger partial charge is 0.410 e. The third-order valence-corrected chi connectivity index (χ3v) is 6.32. The molecule has 0 radical (unpaired) electrons. The van der Waals surface area contributed by atoms with Gasteiger partial charge in [0.1, 0.15) is 11.9 Å². The molecule has 3 aliphatic rings. The molecule has 1 aromatic heterocycles. The van der Waals surface area contributed by atoms with Crippen molar-refractivity contribution >= 4 is 17.7 Å². The first-order chi connectivity index (χ1) is 14.0. The molecule has 3 fully saturated rings. The fourth-order valence-electron chi connectivity index (χ4n) is 4.14. The predicted octanol–water partition coefficient (Wildman–Crippen LogP) is 2.81. The van der Waals surface area contributed by atoms with Gasteiger partial charge in [-0.05, 0) is 38.8 Å². The van der Waals surface area contributed by atoms with Gasteiger partial charge in [0.15, 0.2) is 5.78 Å². The molecule has 0 N–H and O–H groups in total. The van der Waals surface area contributed by atoms with Crippen molar-refractivity contribution in [1.29, 1.82) is 0 Å². The number of rotatable bonds is 5. The summed E-state index contributed by atoms with van der Waals surface area (Å²) in [5, 5.41) is 0. The molecule has 29 heavy (non-hydrogen) atoms. The van der Waals surface area contributed by atoms with Gasteiger partial charge in [0.2, 0.25) is 0 Å². The molecule has 7 heteroatoms. The lowest BCUT2D eigenvalue weighted by Gasteiger charge is -2.38. The minimum atomic E-state index is -0.173. The van der Waals surface area contributed by atoms with E-state index in [-0.39, 0.29) is 23.9 Å². The number of ether oxygens (including phenoxy) is 1. The maximum atomic E-state index is 12.5. The van der Waals surface area contributed by atoms with E-state index >= 15 is 0 Å². The van der Waals surface area contributed by atoms with E-state index in [9.17, 15) is 9.59 Å². The number of ketones is 1. The topological polar surface area (TPSA) is 66.0 Å². The molecule has 1 aromatic rings. The number of anilines is 1. The molecule has 7 nitrogen and oxygen atoms in total. The van der Waals surface area contributed by atoms with Crippen LogP contribution in [0.3, 0.4) is 0 Å². The van der Waals surface area contributed by atoms with E-state index in [1.807, 2.05) is 17.0 Å². The summed E-state index contributed by atoms with van der Waals surface area (Å²) in [7, 11) is 0. The number of amides is 1. The lowest BCUT2D eigenvalue weighted by molar-refractivity contribution is 0.0337. The van der Waals surface area contributed by atoms with Gasteiger partial charge in [0, 0.05) is 75.8 Å². The normalized spacial score (nSPS) is 21.5. The van der Waals surface area contributed by atoms with Crippen LogP contribution in [0.25, 0.3) is 0 Å². The van der Waals surface area contributed by atoms with Crippen molar-refractivity contribution in [2.24, 2.45) is 5.92 Å². The van der Waals surface area contributed by atoms with Crippen LogP contribution in [-0.2, 0) is 4.74 Å². The molecule has 0 atom stereocenters. The number of carbonyl (C=O) groups excluding carboxylic acids is 2. The largest absolute Gasteiger partial charge is 0.446 e. The standard InChI is InChI=1S/C22H32N4O3/c1-16(2)24-11-13-26(14-12-24)22(28)29-19-7-9-25(10-8-19)20-6-5-18(15-23-20)21(27)17-3-4-17/h5-6,15-17,19H,3-4,7-14H2,1-2H3. The predicted molar refractivity (Wildman–Crippen MR) is 111 cm³/mol. The second kappa shape index (κ2) is 8.69. The average Bonchev–Trinajstić information content (AvgIpc) is 3.59. The third-order valence-electron chi connectivity index (χ3n) is 6.32. The SMILES string of the molecule is CC(C)N1CCN(C(=O)OC2CCN(c3ccc(C(=O)C4CC4)cn3)CC2)CC1. The Balaban J connectivity index is 1.22. The molecule has 3 heterocycles. The summed E-state index contributed by atoms with van der Waals surface area (Å²) in [6, 6.07) is 4.36. The van der Waals surface area contributed by atoms with Crippen molar-refractivity contribution < 1.29 is 14.3 Å². The van der Waals surface area contributed by atoms with E-state index in [1.54, 1.807) is 6.20 Å². The van der Waals surface area contributed by atoms with Crippen LogP contribution in [0.5, 0.6) is 0 Å². The summed E-state index contributed by atoms with van der Waals surface area (Å²) in [5.74, 6) is 1.34. The first-order valence-electron chi connectivity index (χ1n) is 11.0. The summed E-state index contributed by atoms with van der Waals surface area (Å²) in [4.78, 5) is 35.5. The molecule has 0 bridgehead atoms. The van der Waals surface area contributed by atoms with E-state index < -0.39 is 0 Å². The summed E-state index contributed by atoms with van der Waals surface area (Å²) < 4.78 is 5.77. The van der Waals surface area contributed by atoms with Gasteiger partial charge < -0.3 is 14.5 Å². The first kappa shape index (κ1) is 20.1. The Labute approximate surface area is 173 Å². The molecule has 1 saturated carbocycles. The number of piperidine rings is 1. The van der Waals surface area contributed by atoms with Crippen molar-refractivity contribution in [3.8, 4) is 0 Å². The molecule has 0 aromatic carbocycles. The fraction of sp³-hybridized carbons (Fsp3) is 0.682. The highest BCUT2D eigenvalue weighted by atomic mass is 16.6. The Hall–Kier alpha value is -2.15. The molecule has 1 amide bonds. The highest BCUT2D eigenvalue weighted by molar-refractivity contribution is 5.99. The van der Waals surface area contributed by atoms with Crippen LogP contribution in [-0.4, -0.2) is 78.1 Å². The van der Waals surface area contributed by atoms with Gasteiger partial charge in [-0.1, -0.05) is 0 Å². The van der Waals surface area contributed by atoms with Gasteiger partial charge in [-0.2, -0.15) is 0 Å². The third kappa shape index (κ3) is 4.89. The summed E-state index contributed by atoms with van der Waals surface area (Å²) in [5.41, 5.74) is 0.720. The van der Waals surface area contributed by atoms with Crippen LogP contribution in [0.1, 0.15) is 49.9 Å². The van der Waals surface area contributed by atoms with E-state index in [4.69, 9.17) is 4.74 Å². The van der Waals surface area contributed by atoms with Crippen molar-refractivity contribution in [2.45, 2.75) is 51.7 Å². The molecular weight excluding hydrogens is 368 g/mol. The van der Waals surface area contributed by atoms with Crippen molar-refractivity contribution in [3.63, 3.8) is 0 Å². The number of hydrogen-bond acceptors (Lipinski definition) is 6. The number of aromatic nitrogens is 1. The number of Topliss-reactive ketones (excluding diaryl/α,β-unsaturated/α-hetero) is 1. The second-order valence-corrected chi connectivity index (χ2v) is 8.73. The van der Waals surface area contributed by atoms with Crippen molar-refractivity contribution in [3.05, 3.63) is 23.9 Å². The lowest BCUT2D eigenvalue weighted by atomic mass is 10.1. The molecule has 0 unspecified atom stereocenters. The van der Waals surface area contributed by atoms with E-state index in [1.165, 1.54) is 0 Å². The number of nitrogens with zero attached hydrogens (tertiary/aromatic N) is 4. The summed E-state index contributed by atoms with van der Waals surface area (Å²) >= 11 is 0. The Morgan fingerprint density at radius 2 is 1.69 bits per heavy atom. The average molecular weight is 401 g/mol. The lowest BCUT2D eigenvalue weighted by Crippen LogP contribution is -2.51. The van der Waals surface area contributed by atoms with Gasteiger partial charge in [-0.3, -0.25) is 9.69 Å². The van der Waals surface area contributed by atoms with Gasteiger partial charge in [-0.15, -0.1) is 0 Å². The monoisotopic (exact) mass is 400 g/mol. The first-order valence-corrected chi connectivity index (χ1v) is 11.0. The van der Waals surface area contributed by atoms with Gasteiger partial charge >= 0.3 is 6.09 Å². The van der Waals surface area contributed by atoms with Crippen LogP contribution >= 0.6 is 0 Å². The number of hydrogen-bond donors (Lipinski definition) is 0. The van der Waals surface area contributed by atoms with Crippen molar-refractivity contribution in [2.75, 3.05) is 44.2 Å². The zero-order valence-electron chi connectivity index (χ0n) is 17.5. The fourth-order valence-corrected chi connectivity index (χ4v) is 4.14. The van der Waals surface area contributed by atoms with Gasteiger partial charge in [-0.25, -0.2) is 9.78 Å². The van der Waals surface area contributed by atoms with Crippen LogP contribution in [0, 0.1) is 5.92 Å². The Kier molecular flexibility index (Phi) is 6.04. The molecule has 1 aliphatic carbocycles. The van der Waals surface area contributed by atoms with Crippen molar-refractivity contribution in [1.82, 2.24) is 14.8 Å². The Morgan fingerprint density at radius 3 is 2.24 bits per heavy atom. The molecule has 158 valence electrons. The molecular formula is C22H32N4O3. The zero-order chi connectivity index (χ0) is 20.4. The van der Waals surface area contributed by atoms with Gasteiger partial charge in [0.25, 0.3) is 0 Å². The number of carbonyl (C=O) groups is 2. The Bertz CT molecular complexity index is 716. The maximum Gasteiger partial charge on any atom is 0.410 e. The molecule has 2 saturated heterocycles. The molecule has 4 rings (SSSR count). The van der Waals surface area contributed by atoms with Crippen LogP contribution in [0.2, 0.25) is 0 Å². The van der Waals surface area contributed by atoms with E-state index in [0.29, 0.717) is 6.04 Å². The minimum absolute atomic E-state index is 0.0300. The van der Waals surface area contributed by atoms with E-state index in [2.05, 4.69) is 28.6 Å². The highest BCUT2D eigenvalue weighted by Gasteiger charge is 2.31. The van der Waals surface area contributed by atoms with Crippen LogP contribution in [0.15, 0.2) is 18.3 Å². The second-order valence-electron chi connectivity index (χ2n) is 8.73. The molecule has 2 aliphatic heterocycles. The van der Waals surface area contributed by atoms with E-state index in [0.717, 1.165) is 76.3 Å². The molecule has 0 spiro atoms. The summed E-state index contributed by atoms with van der Waals surface area (Å²) in [6.07, 6.45) is 5.15. The number of pyridine rings is 1. The van der Waals surface area contributed by atoms with Crippen LogP contribution < -0.4 is 4.90 Å². The Morgan fingerprint density at radius 1 is 1.00 bits per heavy atom. The zero-order valence-corrected chi connectivity index (χ0v) is 17.5. The van der Waals surface area contributed by atoms with Gasteiger partial charge in [0.05, 0.1) is 0 Å². The number of piperazine rings is 1. The quantitative estimate of drug-likeness (QED) is 0.708. The summed E-state index contributed by atoms with van der Waals surface area (Å²) in [6.45, 7) is 9.30. The highest BCUT2D eigenvalue weighted by Crippen LogP contribution is 2.32. The maximum absolute atomic E-state index is 12.5. The van der Waals surface area contributed by atoms with Crippen LogP contribution in [0.4, 0.5) is 10.6 Å².